The first-order valence-electron chi connectivity index (χ1n) is 11.3. The minimum Gasteiger partial charge on any atom is -0.488 e. The summed E-state index contributed by atoms with van der Waals surface area (Å²) in [7, 11) is 4.01. The van der Waals surface area contributed by atoms with Crippen molar-refractivity contribution in [2.45, 2.75) is 58.3 Å². The van der Waals surface area contributed by atoms with Gasteiger partial charge in [0.15, 0.2) is 0 Å². The van der Waals surface area contributed by atoms with E-state index in [0.29, 0.717) is 29.0 Å². The van der Waals surface area contributed by atoms with E-state index in [1.165, 1.54) is 0 Å². The normalized spacial score (nSPS) is 12.6. The van der Waals surface area contributed by atoms with E-state index in [1.807, 2.05) is 26.2 Å². The number of carbonyl (C=O) groups excluding carboxylic acids is 2. The van der Waals surface area contributed by atoms with Crippen molar-refractivity contribution in [3.63, 3.8) is 0 Å². The summed E-state index contributed by atoms with van der Waals surface area (Å²) >= 11 is 3.31. The number of alkyl carbamates (subject to hydrolysis) is 1. The van der Waals surface area contributed by atoms with Crippen LogP contribution in [0.5, 0.6) is 0 Å². The molecule has 0 aliphatic rings. The molecule has 0 aliphatic carbocycles. The first-order valence-corrected chi connectivity index (χ1v) is 12.0. The molecule has 2 amide bonds. The van der Waals surface area contributed by atoms with Crippen LogP contribution in [0.25, 0.3) is 0 Å². The van der Waals surface area contributed by atoms with E-state index in [1.54, 1.807) is 45.1 Å². The molecule has 0 aromatic heterocycles. The Morgan fingerprint density at radius 1 is 1.18 bits per heavy atom. The molecule has 8 heteroatoms. The first-order chi connectivity index (χ1) is 15.9. The van der Waals surface area contributed by atoms with Gasteiger partial charge < -0.3 is 25.0 Å². The Morgan fingerprint density at radius 2 is 1.82 bits per heavy atom. The average molecular weight is 537 g/mol. The van der Waals surface area contributed by atoms with Crippen LogP contribution in [0.1, 0.15) is 45.6 Å². The topological polar surface area (TPSA) is 79.9 Å². The molecule has 0 fully saturated rings. The molecule has 1 atom stereocenters. The Labute approximate surface area is 212 Å². The second-order valence-corrected chi connectivity index (χ2v) is 10.1. The molecule has 0 spiro atoms. The molecule has 0 saturated carbocycles. The minimum atomic E-state index is -0.698. The highest BCUT2D eigenvalue weighted by atomic mass is 79.9. The van der Waals surface area contributed by atoms with Gasteiger partial charge in [0.1, 0.15) is 24.0 Å². The number of hydrogen-bond acceptors (Lipinski definition) is 5. The Balaban J connectivity index is 2.77. The van der Waals surface area contributed by atoms with Gasteiger partial charge in [0.2, 0.25) is 5.91 Å². The highest BCUT2D eigenvalue weighted by Gasteiger charge is 2.24. The zero-order valence-electron chi connectivity index (χ0n) is 20.9. The number of rotatable bonds is 13. The monoisotopic (exact) mass is 535 g/mol. The van der Waals surface area contributed by atoms with Crippen LogP contribution in [0.2, 0.25) is 0 Å². The maximum absolute atomic E-state index is 12.9. The van der Waals surface area contributed by atoms with Crippen molar-refractivity contribution < 1.29 is 19.1 Å². The van der Waals surface area contributed by atoms with Crippen molar-refractivity contribution in [1.29, 1.82) is 0 Å². The van der Waals surface area contributed by atoms with E-state index in [-0.39, 0.29) is 5.91 Å². The standard InChI is InChI=1S/C26H38BrN3O4/c1-8-11-23(19(2)27)33-18-20-13-15-21(16-14-20)28-24(31)22(12-9-10-17-30(6)7)29-25(32)34-26(3,4)5/h8,11,13-16,22H,1-2,9-10,12,17-18H2,3-7H3,(H,28,31)(H,29,32)/b23-11+. The predicted molar refractivity (Wildman–Crippen MR) is 142 cm³/mol. The highest BCUT2D eigenvalue weighted by Crippen LogP contribution is 2.19. The van der Waals surface area contributed by atoms with Gasteiger partial charge >= 0.3 is 6.09 Å². The van der Waals surface area contributed by atoms with Crippen molar-refractivity contribution >= 4 is 33.6 Å². The lowest BCUT2D eigenvalue weighted by Gasteiger charge is -2.23. The highest BCUT2D eigenvalue weighted by molar-refractivity contribution is 9.11. The minimum absolute atomic E-state index is 0.286. The molecule has 7 nitrogen and oxygen atoms in total. The molecule has 0 bridgehead atoms. The van der Waals surface area contributed by atoms with Crippen molar-refractivity contribution in [3.05, 3.63) is 65.4 Å². The predicted octanol–water partition coefficient (Wildman–Crippen LogP) is 5.75. The molecule has 0 radical (unpaired) electrons. The van der Waals surface area contributed by atoms with Crippen LogP contribution in [0.4, 0.5) is 10.5 Å². The molecule has 1 aromatic carbocycles. The van der Waals surface area contributed by atoms with E-state index in [0.717, 1.165) is 24.9 Å². The first kappa shape index (κ1) is 29.5. The zero-order chi connectivity index (χ0) is 25.7. The summed E-state index contributed by atoms with van der Waals surface area (Å²) in [6, 6.07) is 6.63. The number of amides is 2. The smallest absolute Gasteiger partial charge is 0.408 e. The maximum atomic E-state index is 12.9. The molecule has 0 heterocycles. The van der Waals surface area contributed by atoms with Crippen LogP contribution >= 0.6 is 15.9 Å². The summed E-state index contributed by atoms with van der Waals surface area (Å²) < 4.78 is 11.7. The fraction of sp³-hybridized carbons (Fsp3) is 0.462. The third-order valence-electron chi connectivity index (χ3n) is 4.51. The van der Waals surface area contributed by atoms with Gasteiger partial charge in [0.05, 0.1) is 4.48 Å². The van der Waals surface area contributed by atoms with E-state index in [2.05, 4.69) is 44.6 Å². The summed E-state index contributed by atoms with van der Waals surface area (Å²) in [6.45, 7) is 14.1. The fourth-order valence-electron chi connectivity index (χ4n) is 2.89. The van der Waals surface area contributed by atoms with Crippen molar-refractivity contribution in [3.8, 4) is 0 Å². The third-order valence-corrected chi connectivity index (χ3v) is 4.90. The summed E-state index contributed by atoms with van der Waals surface area (Å²) in [5.74, 6) is 0.309. The lowest BCUT2D eigenvalue weighted by Crippen LogP contribution is -2.45. The lowest BCUT2D eigenvalue weighted by atomic mass is 10.1. The van der Waals surface area contributed by atoms with Crippen molar-refractivity contribution in [1.82, 2.24) is 10.2 Å². The molecular formula is C26H38BrN3O4. The quantitative estimate of drug-likeness (QED) is 0.191. The summed E-state index contributed by atoms with van der Waals surface area (Å²) in [5, 5.41) is 5.60. The Hall–Kier alpha value is -2.58. The molecule has 34 heavy (non-hydrogen) atoms. The van der Waals surface area contributed by atoms with Gasteiger partial charge in [0, 0.05) is 5.69 Å². The molecule has 2 N–H and O–H groups in total. The number of halogens is 1. The largest absolute Gasteiger partial charge is 0.488 e. The van der Waals surface area contributed by atoms with Crippen LogP contribution < -0.4 is 10.6 Å². The molecule has 188 valence electrons. The average Bonchev–Trinajstić information content (AvgIpc) is 2.72. The Morgan fingerprint density at radius 3 is 2.35 bits per heavy atom. The summed E-state index contributed by atoms with van der Waals surface area (Å²) in [4.78, 5) is 27.3. The van der Waals surface area contributed by atoms with E-state index < -0.39 is 17.7 Å². The van der Waals surface area contributed by atoms with Gasteiger partial charge in [-0.05, 0) is 100 Å². The van der Waals surface area contributed by atoms with E-state index in [4.69, 9.17) is 9.47 Å². The summed E-state index contributed by atoms with van der Waals surface area (Å²) in [5.41, 5.74) is 0.911. The number of carbonyl (C=O) groups is 2. The number of ether oxygens (including phenoxy) is 2. The molecular weight excluding hydrogens is 498 g/mol. The van der Waals surface area contributed by atoms with Crippen LogP contribution in [-0.2, 0) is 20.9 Å². The van der Waals surface area contributed by atoms with Gasteiger partial charge in [-0.25, -0.2) is 4.79 Å². The molecule has 0 aliphatic heterocycles. The lowest BCUT2D eigenvalue weighted by molar-refractivity contribution is -0.118. The Bertz CT molecular complexity index is 858. The second-order valence-electron chi connectivity index (χ2n) is 9.14. The van der Waals surface area contributed by atoms with Gasteiger partial charge in [0.25, 0.3) is 0 Å². The number of nitrogens with zero attached hydrogens (tertiary/aromatic N) is 1. The molecule has 1 aromatic rings. The van der Waals surface area contributed by atoms with Gasteiger partial charge in [-0.2, -0.15) is 0 Å². The number of unbranched alkanes of at least 4 members (excludes halogenated alkanes) is 1. The molecule has 1 unspecified atom stereocenters. The van der Waals surface area contributed by atoms with Crippen molar-refractivity contribution in [2.75, 3.05) is 26.0 Å². The molecule has 0 saturated heterocycles. The number of benzene rings is 1. The second kappa shape index (κ2) is 14.6. The van der Waals surface area contributed by atoms with Gasteiger partial charge in [-0.15, -0.1) is 0 Å². The van der Waals surface area contributed by atoms with E-state index >= 15 is 0 Å². The van der Waals surface area contributed by atoms with Crippen molar-refractivity contribution in [2.24, 2.45) is 0 Å². The zero-order valence-corrected chi connectivity index (χ0v) is 22.5. The van der Waals surface area contributed by atoms with Crippen LogP contribution in [0.15, 0.2) is 59.8 Å². The Kier molecular flexibility index (Phi) is 12.7. The van der Waals surface area contributed by atoms with E-state index in [9.17, 15) is 9.59 Å². The van der Waals surface area contributed by atoms with Crippen LogP contribution in [0.3, 0.4) is 0 Å². The summed E-state index contributed by atoms with van der Waals surface area (Å²) in [6.07, 6.45) is 4.97. The number of anilines is 1. The number of nitrogens with one attached hydrogen (secondary N) is 2. The third kappa shape index (κ3) is 12.6. The SMILES string of the molecule is C=C/C=C(/OCc1ccc(NC(=O)C(CCCCN(C)C)NC(=O)OC(C)(C)C)cc1)C(=C)Br. The number of hydrogen-bond donors (Lipinski definition) is 2. The number of allylic oxidation sites excluding steroid dienone is 3. The van der Waals surface area contributed by atoms with Crippen LogP contribution in [0, 0.1) is 0 Å². The maximum Gasteiger partial charge on any atom is 0.408 e. The fourth-order valence-corrected chi connectivity index (χ4v) is 3.14. The van der Waals surface area contributed by atoms with Gasteiger partial charge in [-0.1, -0.05) is 31.4 Å². The molecule has 1 rings (SSSR count). The van der Waals surface area contributed by atoms with Gasteiger partial charge in [-0.3, -0.25) is 4.79 Å². The van der Waals surface area contributed by atoms with Crippen LogP contribution in [-0.4, -0.2) is 49.2 Å².